The molecule has 0 spiro atoms. The third-order valence-electron chi connectivity index (χ3n) is 14.5. The van der Waals surface area contributed by atoms with E-state index in [4.69, 9.17) is 49.5 Å². The van der Waals surface area contributed by atoms with E-state index < -0.39 is 18.3 Å². The summed E-state index contributed by atoms with van der Waals surface area (Å²) in [6.07, 6.45) is 7.86. The molecule has 1 saturated carbocycles. The van der Waals surface area contributed by atoms with Crippen LogP contribution in [0.25, 0.3) is 5.57 Å². The van der Waals surface area contributed by atoms with Crippen LogP contribution in [0.2, 0.25) is 5.02 Å². The first-order valence-corrected chi connectivity index (χ1v) is 22.5. The van der Waals surface area contributed by atoms with Crippen molar-refractivity contribution < 1.29 is 47.5 Å². The van der Waals surface area contributed by atoms with E-state index in [1.165, 1.54) is 0 Å². The lowest BCUT2D eigenvalue weighted by molar-refractivity contribution is -0.314. The number of cyclic esters (lactones) is 1. The molecule has 0 amide bonds. The molecule has 0 aromatic heterocycles. The normalized spacial score (nSPS) is 41.8. The van der Waals surface area contributed by atoms with E-state index in [1.807, 2.05) is 26.0 Å². The third kappa shape index (κ3) is 9.44. The van der Waals surface area contributed by atoms with Gasteiger partial charge in [0.05, 0.1) is 30.8 Å². The van der Waals surface area contributed by atoms with Crippen molar-refractivity contribution in [2.75, 3.05) is 35.4 Å². The summed E-state index contributed by atoms with van der Waals surface area (Å²) < 4.78 is 50.3. The van der Waals surface area contributed by atoms with Gasteiger partial charge < -0.3 is 42.8 Å². The highest BCUT2D eigenvalue weighted by atomic mass is 35.5. The number of ether oxygens (including phenoxy) is 8. The van der Waals surface area contributed by atoms with Gasteiger partial charge in [-0.15, -0.1) is 0 Å². The average molecular weight is 843 g/mol. The zero-order valence-electron chi connectivity index (χ0n) is 36.6. The highest BCUT2D eigenvalue weighted by Crippen LogP contribution is 2.58. The van der Waals surface area contributed by atoms with Gasteiger partial charge >= 0.3 is 5.97 Å². The van der Waals surface area contributed by atoms with Crippen LogP contribution in [0.1, 0.15) is 91.0 Å². The van der Waals surface area contributed by atoms with Crippen molar-refractivity contribution in [2.45, 2.75) is 153 Å². The Morgan fingerprint density at radius 1 is 0.814 bits per heavy atom. The molecule has 1 aromatic carbocycles. The Hall–Kier alpha value is -2.19. The van der Waals surface area contributed by atoms with Gasteiger partial charge in [0.2, 0.25) is 0 Å². The molecule has 59 heavy (non-hydrogen) atoms. The van der Waals surface area contributed by atoms with Crippen LogP contribution in [0.5, 0.6) is 0 Å². The summed E-state index contributed by atoms with van der Waals surface area (Å²) in [5.74, 6) is -0.737. The predicted molar refractivity (Wildman–Crippen MR) is 225 cm³/mol. The number of hydrogen-bond acceptors (Lipinski definition) is 11. The molecule has 11 nitrogen and oxygen atoms in total. The molecule has 0 bridgehead atoms. The van der Waals surface area contributed by atoms with Gasteiger partial charge in [0, 0.05) is 44.2 Å². The number of Topliss-reactive ketones (excluding diaryl/α,β-unsaturated/α-hetero) is 1. The highest BCUT2D eigenvalue weighted by Gasteiger charge is 2.54. The van der Waals surface area contributed by atoms with Crippen molar-refractivity contribution in [3.8, 4) is 0 Å². The fourth-order valence-electron chi connectivity index (χ4n) is 11.5. The zero-order valence-corrected chi connectivity index (χ0v) is 37.3. The molecule has 328 valence electrons. The summed E-state index contributed by atoms with van der Waals surface area (Å²) >= 11 is 6.43. The van der Waals surface area contributed by atoms with E-state index in [1.54, 1.807) is 21.3 Å². The molecule has 3 heterocycles. The minimum Gasteiger partial charge on any atom is -0.462 e. The second kappa shape index (κ2) is 19.5. The van der Waals surface area contributed by atoms with Crippen molar-refractivity contribution in [2.24, 2.45) is 35.5 Å². The molecule has 3 aliphatic carbocycles. The SMILES string of the molecule is CC[C@H]1CCC[C@H](O[C@H]2CC[C@H](N(C)C)C(C)O2)[C@@H](C)C(=O)C2=C[C@@H]3C(C(c4ccc(Cl)cc4)=CC4C[C@@H](OC5OC(C)C(OC)C(OC)C5OC)C[C@H]43)[C@@H]2CC(=O)O1. The first-order chi connectivity index (χ1) is 28.3. The second-order valence-corrected chi connectivity index (χ2v) is 18.6. The van der Waals surface area contributed by atoms with Crippen molar-refractivity contribution in [3.63, 3.8) is 0 Å². The summed E-state index contributed by atoms with van der Waals surface area (Å²) in [6, 6.07) is 8.27. The van der Waals surface area contributed by atoms with Crippen molar-refractivity contribution in [1.82, 2.24) is 4.90 Å². The summed E-state index contributed by atoms with van der Waals surface area (Å²) in [5, 5.41) is 0.655. The van der Waals surface area contributed by atoms with E-state index >= 15 is 4.79 Å². The third-order valence-corrected chi connectivity index (χ3v) is 14.8. The first-order valence-electron chi connectivity index (χ1n) is 22.1. The molecule has 4 fully saturated rings. The number of hydrogen-bond donors (Lipinski definition) is 0. The van der Waals surface area contributed by atoms with E-state index in [0.29, 0.717) is 17.5 Å². The van der Waals surface area contributed by atoms with Gasteiger partial charge in [-0.2, -0.15) is 0 Å². The van der Waals surface area contributed by atoms with Crippen LogP contribution in [-0.4, -0.2) is 120 Å². The van der Waals surface area contributed by atoms with Gasteiger partial charge in [-0.1, -0.05) is 49.7 Å². The first kappa shape index (κ1) is 44.9. The number of ketones is 1. The van der Waals surface area contributed by atoms with Gasteiger partial charge in [0.1, 0.15) is 24.4 Å². The highest BCUT2D eigenvalue weighted by molar-refractivity contribution is 6.30. The van der Waals surface area contributed by atoms with Crippen molar-refractivity contribution >= 4 is 28.9 Å². The Morgan fingerprint density at radius 3 is 2.20 bits per heavy atom. The molecular weight excluding hydrogens is 774 g/mol. The molecule has 1 aromatic rings. The number of allylic oxidation sites excluding steroid dienone is 4. The van der Waals surface area contributed by atoms with E-state index in [0.717, 1.165) is 61.7 Å². The van der Waals surface area contributed by atoms with Gasteiger partial charge in [-0.3, -0.25) is 9.59 Å². The standard InChI is InChI=1S/C47H68ClNO10/c1-10-31-12-11-13-39(59-41-19-18-38(49(5)6)26(3)55-41)25(2)43(51)37-23-35-33-22-32(58-47-46(54-9)45(53-8)44(52-7)27(4)56-47)20-29(33)21-34(28-14-16-30(48)17-15-28)42(35)36(37)24-40(50)57-31/h14-17,21,23,25-27,29,31-33,35-36,38-39,41-42,44-47H,10-13,18-20,22,24H2,1-9H3/t25-,26?,27?,29?,31+,32-,33-,35+,36-,38+,39+,41+,42?,44?,45?,46?,47?/m1/s1. The molecule has 6 aliphatic rings. The Bertz CT molecular complexity index is 1670. The van der Waals surface area contributed by atoms with Crippen LogP contribution in [0.3, 0.4) is 0 Å². The van der Waals surface area contributed by atoms with E-state index in [-0.39, 0.29) is 96.8 Å². The van der Waals surface area contributed by atoms with E-state index in [9.17, 15) is 4.79 Å². The molecule has 0 N–H and O–H groups in total. The van der Waals surface area contributed by atoms with Crippen LogP contribution in [0, 0.1) is 35.5 Å². The van der Waals surface area contributed by atoms with Crippen LogP contribution < -0.4 is 0 Å². The molecular formula is C47H68ClNO10. The molecule has 12 heteroatoms. The summed E-state index contributed by atoms with van der Waals surface area (Å²) in [6.45, 7) is 8.16. The lowest BCUT2D eigenvalue weighted by atomic mass is 9.65. The monoisotopic (exact) mass is 841 g/mol. The molecule has 8 unspecified atom stereocenters. The number of methoxy groups -OCH3 is 3. The minimum absolute atomic E-state index is 0.000735. The molecule has 3 saturated heterocycles. The lowest BCUT2D eigenvalue weighted by Crippen LogP contribution is -2.59. The molecule has 3 aliphatic heterocycles. The second-order valence-electron chi connectivity index (χ2n) is 18.2. The fraction of sp³-hybridized carbons (Fsp3) is 0.745. The summed E-state index contributed by atoms with van der Waals surface area (Å²) in [4.78, 5) is 31.3. The average Bonchev–Trinajstić information content (AvgIpc) is 3.79. The maximum Gasteiger partial charge on any atom is 0.306 e. The summed E-state index contributed by atoms with van der Waals surface area (Å²) in [5.41, 5.74) is 2.91. The topological polar surface area (TPSA) is 111 Å². The van der Waals surface area contributed by atoms with Crippen molar-refractivity contribution in [1.29, 1.82) is 0 Å². The largest absolute Gasteiger partial charge is 0.462 e. The number of halogens is 1. The Labute approximate surface area is 356 Å². The number of carbonyl (C=O) groups excluding carboxylic acids is 2. The fourth-order valence-corrected chi connectivity index (χ4v) is 11.6. The zero-order chi connectivity index (χ0) is 42.1. The Morgan fingerprint density at radius 2 is 1.54 bits per heavy atom. The number of rotatable bonds is 10. The Balaban J connectivity index is 1.21. The maximum absolute atomic E-state index is 15.1. The number of likely N-dealkylation sites (N-methyl/N-ethyl adjacent to an activating group) is 1. The molecule has 17 atom stereocenters. The number of fused-ring (bicyclic) bond motifs is 5. The van der Waals surface area contributed by atoms with Gasteiger partial charge in [-0.05, 0) is 132 Å². The predicted octanol–water partition coefficient (Wildman–Crippen LogP) is 7.67. The molecule has 0 radical (unpaired) electrons. The van der Waals surface area contributed by atoms with E-state index in [2.05, 4.69) is 57.1 Å². The number of esters is 1. The number of carbonyl (C=O) groups is 2. The quantitative estimate of drug-likeness (QED) is 0.217. The van der Waals surface area contributed by atoms with Crippen molar-refractivity contribution in [3.05, 3.63) is 52.6 Å². The van der Waals surface area contributed by atoms with Gasteiger partial charge in [-0.25, -0.2) is 0 Å². The number of benzene rings is 1. The summed E-state index contributed by atoms with van der Waals surface area (Å²) in [7, 11) is 9.14. The van der Waals surface area contributed by atoms with Gasteiger partial charge in [0.15, 0.2) is 18.4 Å². The number of nitrogens with zero attached hydrogens (tertiary/aromatic N) is 1. The van der Waals surface area contributed by atoms with Crippen LogP contribution >= 0.6 is 11.6 Å². The lowest BCUT2D eigenvalue weighted by Gasteiger charge is -2.44. The van der Waals surface area contributed by atoms with Crippen LogP contribution in [0.4, 0.5) is 0 Å². The smallest absolute Gasteiger partial charge is 0.306 e. The van der Waals surface area contributed by atoms with Crippen LogP contribution in [0.15, 0.2) is 42.0 Å². The van der Waals surface area contributed by atoms with Crippen LogP contribution in [-0.2, 0) is 47.5 Å². The molecule has 7 rings (SSSR count). The Kier molecular flexibility index (Phi) is 14.8. The maximum atomic E-state index is 15.1. The minimum atomic E-state index is -0.644. The van der Waals surface area contributed by atoms with Gasteiger partial charge in [0.25, 0.3) is 0 Å².